The zero-order valence-corrected chi connectivity index (χ0v) is 17.0. The Morgan fingerprint density at radius 3 is 2.58 bits per heavy atom. The van der Waals surface area contributed by atoms with E-state index in [9.17, 15) is 13.2 Å². The van der Waals surface area contributed by atoms with Crippen LogP contribution in [0.25, 0.3) is 0 Å². The van der Waals surface area contributed by atoms with Gasteiger partial charge in [-0.25, -0.2) is 8.42 Å². The zero-order valence-electron chi connectivity index (χ0n) is 15.3. The van der Waals surface area contributed by atoms with E-state index in [0.29, 0.717) is 18.7 Å². The number of sulfonamides is 1. The molecule has 6 nitrogen and oxygen atoms in total. The van der Waals surface area contributed by atoms with Gasteiger partial charge in [-0.05, 0) is 44.0 Å². The van der Waals surface area contributed by atoms with E-state index in [4.69, 9.17) is 0 Å². The van der Waals surface area contributed by atoms with E-state index < -0.39 is 10.0 Å². The molecule has 2 saturated heterocycles. The van der Waals surface area contributed by atoms with E-state index in [1.807, 2.05) is 18.7 Å². The van der Waals surface area contributed by atoms with Gasteiger partial charge in [0.1, 0.15) is 0 Å². The van der Waals surface area contributed by atoms with Gasteiger partial charge < -0.3 is 10.2 Å². The average molecular weight is 402 g/mol. The predicted molar refractivity (Wildman–Crippen MR) is 104 cm³/mol. The molecule has 146 valence electrons. The number of rotatable bonds is 5. The van der Waals surface area contributed by atoms with Crippen molar-refractivity contribution in [3.8, 4) is 0 Å². The van der Waals surface area contributed by atoms with E-state index in [2.05, 4.69) is 5.32 Å². The molecule has 0 spiro atoms. The molecular weight excluding hydrogens is 374 g/mol. The number of nitrogens with one attached hydrogen (secondary N) is 1. The molecule has 2 heterocycles. The highest BCUT2D eigenvalue weighted by molar-refractivity contribution is 7.89. The molecule has 2 fully saturated rings. The SMILES string of the molecule is CCN(CC)S(=O)(=O)c1cccc(C(=O)N2C3CCNCC2CC3)c1.Cl. The van der Waals surface area contributed by atoms with Crippen molar-refractivity contribution in [1.29, 1.82) is 0 Å². The lowest BCUT2D eigenvalue weighted by Gasteiger charge is -2.28. The van der Waals surface area contributed by atoms with Crippen molar-refractivity contribution < 1.29 is 13.2 Å². The Balaban J connectivity index is 0.00000243. The molecule has 26 heavy (non-hydrogen) atoms. The van der Waals surface area contributed by atoms with Crippen molar-refractivity contribution in [3.05, 3.63) is 29.8 Å². The fraction of sp³-hybridized carbons (Fsp3) is 0.611. The minimum Gasteiger partial charge on any atom is -0.331 e. The number of carbonyl (C=O) groups excluding carboxylic acids is 1. The van der Waals surface area contributed by atoms with Gasteiger partial charge in [0.2, 0.25) is 10.0 Å². The lowest BCUT2D eigenvalue weighted by atomic mass is 10.1. The first-order valence-corrected chi connectivity index (χ1v) is 10.6. The van der Waals surface area contributed by atoms with Gasteiger partial charge >= 0.3 is 0 Å². The van der Waals surface area contributed by atoms with E-state index in [1.165, 1.54) is 10.4 Å². The van der Waals surface area contributed by atoms with Crippen LogP contribution in [0.1, 0.15) is 43.5 Å². The lowest BCUT2D eigenvalue weighted by molar-refractivity contribution is 0.0680. The third kappa shape index (κ3) is 3.91. The molecule has 0 radical (unpaired) electrons. The average Bonchev–Trinajstić information content (AvgIpc) is 2.88. The fourth-order valence-corrected chi connectivity index (χ4v) is 5.47. The van der Waals surface area contributed by atoms with Gasteiger partial charge in [0.25, 0.3) is 5.91 Å². The third-order valence-electron chi connectivity index (χ3n) is 5.31. The molecular formula is C18H28ClN3O3S. The van der Waals surface area contributed by atoms with Crippen LogP contribution in [0.3, 0.4) is 0 Å². The van der Waals surface area contributed by atoms with Crippen LogP contribution in [0, 0.1) is 0 Å². The van der Waals surface area contributed by atoms with Crippen LogP contribution in [0.4, 0.5) is 0 Å². The van der Waals surface area contributed by atoms with Crippen LogP contribution in [-0.2, 0) is 10.0 Å². The fourth-order valence-electron chi connectivity index (χ4n) is 3.97. The summed E-state index contributed by atoms with van der Waals surface area (Å²) >= 11 is 0. The molecule has 2 unspecified atom stereocenters. The van der Waals surface area contributed by atoms with Gasteiger partial charge in [-0.2, -0.15) is 4.31 Å². The summed E-state index contributed by atoms with van der Waals surface area (Å²) in [6, 6.07) is 6.97. The summed E-state index contributed by atoms with van der Waals surface area (Å²) in [6.45, 7) is 6.22. The topological polar surface area (TPSA) is 69.7 Å². The molecule has 0 saturated carbocycles. The van der Waals surface area contributed by atoms with E-state index >= 15 is 0 Å². The Morgan fingerprint density at radius 1 is 1.19 bits per heavy atom. The predicted octanol–water partition coefficient (Wildman–Crippen LogP) is 2.11. The number of hydrogen-bond acceptors (Lipinski definition) is 4. The molecule has 0 aliphatic carbocycles. The number of halogens is 1. The van der Waals surface area contributed by atoms with Gasteiger partial charge in [-0.1, -0.05) is 19.9 Å². The van der Waals surface area contributed by atoms with Crippen molar-refractivity contribution in [2.24, 2.45) is 0 Å². The second-order valence-electron chi connectivity index (χ2n) is 6.71. The van der Waals surface area contributed by atoms with Gasteiger partial charge in [0, 0.05) is 37.3 Å². The summed E-state index contributed by atoms with van der Waals surface area (Å²) < 4.78 is 26.9. The number of amides is 1. The zero-order chi connectivity index (χ0) is 18.0. The molecule has 1 N–H and O–H groups in total. The van der Waals surface area contributed by atoms with Crippen molar-refractivity contribution in [2.75, 3.05) is 26.2 Å². The first-order chi connectivity index (χ1) is 12.0. The van der Waals surface area contributed by atoms with Crippen LogP contribution in [0.2, 0.25) is 0 Å². The molecule has 2 aliphatic heterocycles. The highest BCUT2D eigenvalue weighted by atomic mass is 35.5. The highest BCUT2D eigenvalue weighted by Gasteiger charge is 2.38. The number of hydrogen-bond donors (Lipinski definition) is 1. The third-order valence-corrected chi connectivity index (χ3v) is 7.36. The molecule has 1 aromatic carbocycles. The maximum absolute atomic E-state index is 13.1. The largest absolute Gasteiger partial charge is 0.331 e. The first kappa shape index (κ1) is 21.2. The van der Waals surface area contributed by atoms with Crippen LogP contribution < -0.4 is 5.32 Å². The monoisotopic (exact) mass is 401 g/mol. The molecule has 2 aliphatic rings. The number of carbonyl (C=O) groups is 1. The second-order valence-corrected chi connectivity index (χ2v) is 8.65. The second kappa shape index (κ2) is 8.69. The van der Waals surface area contributed by atoms with E-state index in [1.54, 1.807) is 18.2 Å². The Bertz CT molecular complexity index is 723. The van der Waals surface area contributed by atoms with Gasteiger partial charge in [-0.15, -0.1) is 12.4 Å². The molecule has 1 amide bonds. The lowest BCUT2D eigenvalue weighted by Crippen LogP contribution is -2.42. The standard InChI is InChI=1S/C18H27N3O3S.ClH/c1-3-20(4-2)25(23,24)17-7-5-6-14(12-17)18(22)21-15-8-9-16(21)13-19-11-10-15;/h5-7,12,15-16,19H,3-4,8-11,13H2,1-2H3;1H. The highest BCUT2D eigenvalue weighted by Crippen LogP contribution is 2.30. The minimum absolute atomic E-state index is 0. The maximum Gasteiger partial charge on any atom is 0.254 e. The van der Waals surface area contributed by atoms with Crippen LogP contribution in [0.5, 0.6) is 0 Å². The summed E-state index contributed by atoms with van der Waals surface area (Å²) in [6.07, 6.45) is 3.01. The number of fused-ring (bicyclic) bond motifs is 2. The maximum atomic E-state index is 13.1. The normalized spacial score (nSPS) is 22.8. The Morgan fingerprint density at radius 2 is 1.88 bits per heavy atom. The molecule has 1 aromatic rings. The molecule has 2 atom stereocenters. The van der Waals surface area contributed by atoms with Gasteiger partial charge in [-0.3, -0.25) is 4.79 Å². The Hall–Kier alpha value is -1.15. The summed E-state index contributed by atoms with van der Waals surface area (Å²) in [7, 11) is -3.56. The van der Waals surface area contributed by atoms with E-state index in [0.717, 1.165) is 32.4 Å². The number of benzene rings is 1. The van der Waals surface area contributed by atoms with Crippen LogP contribution in [-0.4, -0.2) is 61.8 Å². The minimum atomic E-state index is -3.56. The molecule has 3 rings (SSSR count). The summed E-state index contributed by atoms with van der Waals surface area (Å²) in [5.74, 6) is -0.0483. The van der Waals surface area contributed by atoms with Crippen LogP contribution in [0.15, 0.2) is 29.2 Å². The van der Waals surface area contributed by atoms with Crippen molar-refractivity contribution in [3.63, 3.8) is 0 Å². The van der Waals surface area contributed by atoms with Crippen LogP contribution >= 0.6 is 12.4 Å². The van der Waals surface area contributed by atoms with Crippen molar-refractivity contribution in [2.45, 2.75) is 50.1 Å². The summed E-state index contributed by atoms with van der Waals surface area (Å²) in [4.78, 5) is 15.3. The molecule has 2 bridgehead atoms. The summed E-state index contributed by atoms with van der Waals surface area (Å²) in [5, 5.41) is 3.38. The quantitative estimate of drug-likeness (QED) is 0.820. The number of nitrogens with zero attached hydrogens (tertiary/aromatic N) is 2. The Labute approximate surface area is 162 Å². The van der Waals surface area contributed by atoms with E-state index in [-0.39, 0.29) is 35.3 Å². The first-order valence-electron chi connectivity index (χ1n) is 9.12. The summed E-state index contributed by atoms with van der Waals surface area (Å²) in [5.41, 5.74) is 0.465. The Kier molecular flexibility index (Phi) is 7.07. The van der Waals surface area contributed by atoms with Gasteiger partial charge in [0.05, 0.1) is 4.90 Å². The van der Waals surface area contributed by atoms with Crippen molar-refractivity contribution in [1.82, 2.24) is 14.5 Å². The van der Waals surface area contributed by atoms with Crippen molar-refractivity contribution >= 4 is 28.3 Å². The molecule has 0 aromatic heterocycles. The molecule has 8 heteroatoms. The van der Waals surface area contributed by atoms with Gasteiger partial charge in [0.15, 0.2) is 0 Å². The smallest absolute Gasteiger partial charge is 0.254 e.